The number of hydrogen-bond donors (Lipinski definition) is 1. The van der Waals surface area contributed by atoms with Crippen LogP contribution in [0.15, 0.2) is 48.7 Å². The molecule has 0 spiro atoms. The Kier molecular flexibility index (Phi) is 6.00. The molecular weight excluding hydrogens is 344 g/mol. The average Bonchev–Trinajstić information content (AvgIpc) is 2.73. The van der Waals surface area contributed by atoms with Crippen LogP contribution in [0, 0.1) is 17.2 Å². The number of para-hydroxylation sites is 1. The molecule has 7 heteroatoms. The Morgan fingerprint density at radius 1 is 1.19 bits per heavy atom. The molecule has 27 heavy (non-hydrogen) atoms. The fourth-order valence-corrected chi connectivity index (χ4v) is 2.96. The molecule has 0 unspecified atom stereocenters. The molecule has 2 aromatic rings. The van der Waals surface area contributed by atoms with Gasteiger partial charge >= 0.3 is 5.97 Å². The third-order valence-electron chi connectivity index (χ3n) is 4.43. The molecule has 1 fully saturated rings. The van der Waals surface area contributed by atoms with Crippen molar-refractivity contribution in [2.24, 2.45) is 5.92 Å². The molecule has 7 nitrogen and oxygen atoms in total. The first kappa shape index (κ1) is 18.4. The van der Waals surface area contributed by atoms with Crippen molar-refractivity contribution in [1.29, 1.82) is 5.26 Å². The Bertz CT molecular complexity index is 823. The number of amides is 1. The quantitative estimate of drug-likeness (QED) is 0.818. The van der Waals surface area contributed by atoms with E-state index in [1.807, 2.05) is 30.3 Å². The highest BCUT2D eigenvalue weighted by Crippen LogP contribution is 2.22. The number of ether oxygens (including phenoxy) is 1. The van der Waals surface area contributed by atoms with Gasteiger partial charge in [-0.25, -0.2) is 4.98 Å². The summed E-state index contributed by atoms with van der Waals surface area (Å²) in [7, 11) is 0. The van der Waals surface area contributed by atoms with Gasteiger partial charge in [-0.3, -0.25) is 9.59 Å². The lowest BCUT2D eigenvalue weighted by atomic mass is 9.97. The van der Waals surface area contributed by atoms with Crippen LogP contribution >= 0.6 is 0 Å². The normalized spacial score (nSPS) is 14.3. The van der Waals surface area contributed by atoms with Crippen LogP contribution in [-0.2, 0) is 14.3 Å². The molecule has 3 rings (SSSR count). The van der Waals surface area contributed by atoms with E-state index in [9.17, 15) is 9.59 Å². The molecule has 138 valence electrons. The molecule has 2 heterocycles. The van der Waals surface area contributed by atoms with E-state index in [0.29, 0.717) is 37.2 Å². The van der Waals surface area contributed by atoms with Gasteiger partial charge in [0.15, 0.2) is 6.61 Å². The van der Waals surface area contributed by atoms with Crippen molar-refractivity contribution in [3.05, 3.63) is 54.2 Å². The highest BCUT2D eigenvalue weighted by molar-refractivity contribution is 5.92. The number of pyridine rings is 1. The predicted molar refractivity (Wildman–Crippen MR) is 99.9 cm³/mol. The summed E-state index contributed by atoms with van der Waals surface area (Å²) in [5.41, 5.74) is 1.19. The van der Waals surface area contributed by atoms with Crippen LogP contribution < -0.4 is 10.2 Å². The minimum Gasteiger partial charge on any atom is -0.455 e. The van der Waals surface area contributed by atoms with E-state index in [0.717, 1.165) is 5.82 Å². The topological polar surface area (TPSA) is 95.3 Å². The summed E-state index contributed by atoms with van der Waals surface area (Å²) >= 11 is 0. The van der Waals surface area contributed by atoms with E-state index in [4.69, 9.17) is 10.00 Å². The minimum absolute atomic E-state index is 0.218. The molecule has 1 aromatic carbocycles. The van der Waals surface area contributed by atoms with Crippen molar-refractivity contribution in [1.82, 2.24) is 4.98 Å². The maximum absolute atomic E-state index is 12.2. The third-order valence-corrected chi connectivity index (χ3v) is 4.43. The largest absolute Gasteiger partial charge is 0.455 e. The number of carbonyl (C=O) groups excluding carboxylic acids is 2. The second-order valence-corrected chi connectivity index (χ2v) is 6.30. The number of nitrogens with one attached hydrogen (secondary N) is 1. The van der Waals surface area contributed by atoms with Gasteiger partial charge in [0.2, 0.25) is 0 Å². The Labute approximate surface area is 157 Å². The van der Waals surface area contributed by atoms with Crippen LogP contribution in [0.3, 0.4) is 0 Å². The number of nitriles is 1. The Morgan fingerprint density at radius 2 is 1.93 bits per heavy atom. The van der Waals surface area contributed by atoms with Gasteiger partial charge in [0, 0.05) is 25.0 Å². The first-order chi connectivity index (χ1) is 13.2. The SMILES string of the molecule is N#Cc1ccc(N2CCC(C(=O)OCC(=O)Nc3ccccc3)CC2)nc1. The number of hydrogen-bond acceptors (Lipinski definition) is 6. The Hall–Kier alpha value is -3.40. The highest BCUT2D eigenvalue weighted by atomic mass is 16.5. The monoisotopic (exact) mass is 364 g/mol. The zero-order valence-electron chi connectivity index (χ0n) is 14.8. The molecular formula is C20H20N4O3. The van der Waals surface area contributed by atoms with Crippen LogP contribution in [0.4, 0.5) is 11.5 Å². The van der Waals surface area contributed by atoms with Gasteiger partial charge in [0.05, 0.1) is 11.5 Å². The van der Waals surface area contributed by atoms with Crippen LogP contribution in [0.2, 0.25) is 0 Å². The number of esters is 1. The molecule has 1 aromatic heterocycles. The van der Waals surface area contributed by atoms with Crippen molar-refractivity contribution in [2.45, 2.75) is 12.8 Å². The highest BCUT2D eigenvalue weighted by Gasteiger charge is 2.27. The first-order valence-electron chi connectivity index (χ1n) is 8.78. The molecule has 1 aliphatic heterocycles. The van der Waals surface area contributed by atoms with E-state index < -0.39 is 0 Å². The van der Waals surface area contributed by atoms with Crippen LogP contribution in [0.5, 0.6) is 0 Å². The van der Waals surface area contributed by atoms with Crippen molar-refractivity contribution in [2.75, 3.05) is 29.9 Å². The fraction of sp³-hybridized carbons (Fsp3) is 0.300. The third kappa shape index (κ3) is 5.05. The van der Waals surface area contributed by atoms with Crippen molar-refractivity contribution in [3.63, 3.8) is 0 Å². The minimum atomic E-state index is -0.353. The van der Waals surface area contributed by atoms with Gasteiger partial charge in [-0.05, 0) is 37.1 Å². The summed E-state index contributed by atoms with van der Waals surface area (Å²) in [5.74, 6) is -0.119. The van der Waals surface area contributed by atoms with Gasteiger partial charge in [0.1, 0.15) is 11.9 Å². The standard InChI is InChI=1S/C20H20N4O3/c21-12-15-6-7-18(22-13-15)24-10-8-16(9-11-24)20(26)27-14-19(25)23-17-4-2-1-3-5-17/h1-7,13,16H,8-11,14H2,(H,23,25). The summed E-state index contributed by atoms with van der Waals surface area (Å²) in [6.45, 7) is 1.06. The van der Waals surface area contributed by atoms with E-state index in [2.05, 4.69) is 15.2 Å². The summed E-state index contributed by atoms with van der Waals surface area (Å²) in [6, 6.07) is 14.6. The number of carbonyl (C=O) groups is 2. The molecule has 1 N–H and O–H groups in total. The summed E-state index contributed by atoms with van der Waals surface area (Å²) in [6.07, 6.45) is 2.82. The molecule has 0 radical (unpaired) electrons. The molecule has 1 saturated heterocycles. The predicted octanol–water partition coefficient (Wildman–Crippen LogP) is 2.35. The lowest BCUT2D eigenvalue weighted by Gasteiger charge is -2.31. The maximum atomic E-state index is 12.2. The molecule has 0 bridgehead atoms. The van der Waals surface area contributed by atoms with Crippen LogP contribution in [0.1, 0.15) is 18.4 Å². The number of nitrogens with zero attached hydrogens (tertiary/aromatic N) is 3. The van der Waals surface area contributed by atoms with Gasteiger partial charge in [-0.15, -0.1) is 0 Å². The lowest BCUT2D eigenvalue weighted by molar-refractivity contribution is -0.152. The second-order valence-electron chi connectivity index (χ2n) is 6.30. The summed E-state index contributed by atoms with van der Waals surface area (Å²) < 4.78 is 5.17. The van der Waals surface area contributed by atoms with Crippen LogP contribution in [0.25, 0.3) is 0 Å². The maximum Gasteiger partial charge on any atom is 0.309 e. The van der Waals surface area contributed by atoms with E-state index >= 15 is 0 Å². The van der Waals surface area contributed by atoms with E-state index in [-0.39, 0.29) is 24.4 Å². The molecule has 0 saturated carbocycles. The average molecular weight is 364 g/mol. The van der Waals surface area contributed by atoms with E-state index in [1.165, 1.54) is 0 Å². The number of benzene rings is 1. The van der Waals surface area contributed by atoms with Gasteiger partial charge in [0.25, 0.3) is 5.91 Å². The fourth-order valence-electron chi connectivity index (χ4n) is 2.96. The molecule has 0 atom stereocenters. The Balaban J connectivity index is 1.43. The Morgan fingerprint density at radius 3 is 2.56 bits per heavy atom. The summed E-state index contributed by atoms with van der Waals surface area (Å²) in [5, 5.41) is 11.5. The molecule has 0 aliphatic carbocycles. The smallest absolute Gasteiger partial charge is 0.309 e. The number of rotatable bonds is 5. The second kappa shape index (κ2) is 8.81. The zero-order chi connectivity index (χ0) is 19.1. The van der Waals surface area contributed by atoms with Crippen LogP contribution in [-0.4, -0.2) is 36.6 Å². The van der Waals surface area contributed by atoms with Gasteiger partial charge in [-0.2, -0.15) is 5.26 Å². The first-order valence-corrected chi connectivity index (χ1v) is 8.78. The summed E-state index contributed by atoms with van der Waals surface area (Å²) in [4.78, 5) is 30.4. The number of piperidine rings is 1. The van der Waals surface area contributed by atoms with Crippen molar-refractivity contribution >= 4 is 23.4 Å². The number of aromatic nitrogens is 1. The van der Waals surface area contributed by atoms with Crippen molar-refractivity contribution < 1.29 is 14.3 Å². The van der Waals surface area contributed by atoms with Crippen molar-refractivity contribution in [3.8, 4) is 6.07 Å². The van der Waals surface area contributed by atoms with Gasteiger partial charge < -0.3 is 15.0 Å². The molecule has 1 aliphatic rings. The van der Waals surface area contributed by atoms with E-state index in [1.54, 1.807) is 24.4 Å². The number of anilines is 2. The molecule has 1 amide bonds. The zero-order valence-corrected chi connectivity index (χ0v) is 14.8. The van der Waals surface area contributed by atoms with Gasteiger partial charge in [-0.1, -0.05) is 18.2 Å². The lowest BCUT2D eigenvalue weighted by Crippen LogP contribution is -2.38.